The van der Waals surface area contributed by atoms with Gasteiger partial charge in [-0.3, -0.25) is 19.3 Å². The summed E-state index contributed by atoms with van der Waals surface area (Å²) in [7, 11) is -3.81. The molecular formula is C26H29N3O4S. The lowest BCUT2D eigenvalue weighted by atomic mass is 10.0. The van der Waals surface area contributed by atoms with Gasteiger partial charge in [0.05, 0.1) is 4.90 Å². The van der Waals surface area contributed by atoms with Gasteiger partial charge in [-0.05, 0) is 73.9 Å². The smallest absolute Gasteiger partial charge is 0.261 e. The van der Waals surface area contributed by atoms with Gasteiger partial charge in [0.2, 0.25) is 0 Å². The highest BCUT2D eigenvalue weighted by atomic mass is 32.2. The molecule has 2 aromatic carbocycles. The Kier molecular flexibility index (Phi) is 8.54. The topological polar surface area (TPSA) is 96.4 Å². The Bertz CT molecular complexity index is 1210. The number of aryl methyl sites for hydroxylation is 1. The number of rotatable bonds is 11. The summed E-state index contributed by atoms with van der Waals surface area (Å²) in [4.78, 5) is 30.5. The summed E-state index contributed by atoms with van der Waals surface area (Å²) in [6.07, 6.45) is 4.81. The van der Waals surface area contributed by atoms with Crippen LogP contribution in [-0.4, -0.2) is 43.1 Å². The number of nitrogens with one attached hydrogen (secondary N) is 1. The standard InChI is InChI=1S/C26H29N3O4S/c1-3-29(4-2)26(31)22-10-15-25(16-11-22)34(32,33)28-23-12-7-20(8-13-23)18-24(30)14-9-21-6-5-17-27-19-21/h5-8,10-13,15-17,19,28H,3-4,9,14,18H2,1-2H3. The molecule has 0 atom stereocenters. The van der Waals surface area contributed by atoms with Crippen LogP contribution in [0.25, 0.3) is 0 Å². The molecule has 8 heteroatoms. The van der Waals surface area contributed by atoms with Crippen LogP contribution in [0.2, 0.25) is 0 Å². The minimum atomic E-state index is -3.81. The lowest BCUT2D eigenvalue weighted by Gasteiger charge is -2.18. The van der Waals surface area contributed by atoms with Crippen molar-refractivity contribution >= 4 is 27.4 Å². The van der Waals surface area contributed by atoms with Crippen molar-refractivity contribution in [1.82, 2.24) is 9.88 Å². The molecule has 3 aromatic rings. The quantitative estimate of drug-likeness (QED) is 0.446. The summed E-state index contributed by atoms with van der Waals surface area (Å²) in [5.74, 6) is -0.0241. The van der Waals surface area contributed by atoms with Gasteiger partial charge in [-0.25, -0.2) is 8.42 Å². The molecule has 0 fully saturated rings. The number of aromatic nitrogens is 1. The zero-order valence-electron chi connectivity index (χ0n) is 19.4. The van der Waals surface area contributed by atoms with Gasteiger partial charge in [0, 0.05) is 49.6 Å². The van der Waals surface area contributed by atoms with Crippen molar-refractivity contribution in [1.29, 1.82) is 0 Å². The summed E-state index contributed by atoms with van der Waals surface area (Å²) in [5, 5.41) is 0. The molecule has 0 radical (unpaired) electrons. The van der Waals surface area contributed by atoms with Gasteiger partial charge in [0.25, 0.3) is 15.9 Å². The summed E-state index contributed by atoms with van der Waals surface area (Å²) in [6, 6.07) is 16.4. The molecule has 7 nitrogen and oxygen atoms in total. The number of benzene rings is 2. The van der Waals surface area contributed by atoms with Gasteiger partial charge in [-0.2, -0.15) is 0 Å². The van der Waals surface area contributed by atoms with Crippen LogP contribution in [0, 0.1) is 0 Å². The second-order valence-electron chi connectivity index (χ2n) is 7.88. The van der Waals surface area contributed by atoms with Gasteiger partial charge < -0.3 is 4.90 Å². The van der Waals surface area contributed by atoms with Gasteiger partial charge in [0.15, 0.2) is 0 Å². The maximum absolute atomic E-state index is 12.7. The number of amides is 1. The molecule has 0 bridgehead atoms. The Balaban J connectivity index is 1.58. The molecule has 1 heterocycles. The summed E-state index contributed by atoms with van der Waals surface area (Å²) in [6.45, 7) is 4.97. The number of carbonyl (C=O) groups is 2. The van der Waals surface area contributed by atoms with Gasteiger partial charge >= 0.3 is 0 Å². The van der Waals surface area contributed by atoms with Gasteiger partial charge in [-0.15, -0.1) is 0 Å². The number of sulfonamides is 1. The monoisotopic (exact) mass is 479 g/mol. The Labute approximate surface area is 200 Å². The van der Waals surface area contributed by atoms with Crippen LogP contribution in [0.4, 0.5) is 5.69 Å². The molecule has 178 valence electrons. The molecule has 1 N–H and O–H groups in total. The van der Waals surface area contributed by atoms with E-state index in [9.17, 15) is 18.0 Å². The highest BCUT2D eigenvalue weighted by Crippen LogP contribution is 2.18. The molecule has 0 aliphatic rings. The number of hydrogen-bond donors (Lipinski definition) is 1. The normalized spacial score (nSPS) is 11.1. The predicted octanol–water partition coefficient (Wildman–Crippen LogP) is 4.11. The number of Topliss-reactive ketones (excluding diaryl/α,β-unsaturated/α-hetero) is 1. The van der Waals surface area contributed by atoms with Crippen molar-refractivity contribution in [2.24, 2.45) is 0 Å². The maximum atomic E-state index is 12.7. The van der Waals surface area contributed by atoms with E-state index in [4.69, 9.17) is 0 Å². The summed E-state index contributed by atoms with van der Waals surface area (Å²) >= 11 is 0. The Morgan fingerprint density at radius 1 is 0.912 bits per heavy atom. The van der Waals surface area contributed by atoms with E-state index < -0.39 is 10.0 Å². The lowest BCUT2D eigenvalue weighted by Crippen LogP contribution is -2.30. The number of ketones is 1. The minimum absolute atomic E-state index is 0.0678. The first-order valence-corrected chi connectivity index (χ1v) is 12.7. The average molecular weight is 480 g/mol. The third-order valence-electron chi connectivity index (χ3n) is 5.48. The molecule has 0 aliphatic carbocycles. The molecular weight excluding hydrogens is 450 g/mol. The number of pyridine rings is 1. The second kappa shape index (κ2) is 11.6. The van der Waals surface area contributed by atoms with Crippen LogP contribution in [0.3, 0.4) is 0 Å². The minimum Gasteiger partial charge on any atom is -0.339 e. The number of nitrogens with zero attached hydrogens (tertiary/aromatic N) is 2. The van der Waals surface area contributed by atoms with E-state index in [0.29, 0.717) is 37.2 Å². The second-order valence-corrected chi connectivity index (χ2v) is 9.56. The van der Waals surface area contributed by atoms with Crippen molar-refractivity contribution in [3.05, 3.63) is 89.7 Å². The van der Waals surface area contributed by atoms with Crippen LogP contribution in [0.15, 0.2) is 78.0 Å². The SMILES string of the molecule is CCN(CC)C(=O)c1ccc(S(=O)(=O)Nc2ccc(CC(=O)CCc3cccnc3)cc2)cc1. The first-order chi connectivity index (χ1) is 16.3. The summed E-state index contributed by atoms with van der Waals surface area (Å²) in [5.41, 5.74) is 2.68. The van der Waals surface area contributed by atoms with Crippen molar-refractivity contribution in [2.75, 3.05) is 17.8 Å². The Morgan fingerprint density at radius 3 is 2.18 bits per heavy atom. The molecule has 0 saturated carbocycles. The first-order valence-electron chi connectivity index (χ1n) is 11.2. The van der Waals surface area contributed by atoms with E-state index in [-0.39, 0.29) is 23.0 Å². The third-order valence-corrected chi connectivity index (χ3v) is 6.88. The van der Waals surface area contributed by atoms with Crippen molar-refractivity contribution in [2.45, 2.75) is 38.0 Å². The Hall–Kier alpha value is -3.52. The van der Waals surface area contributed by atoms with E-state index in [1.807, 2.05) is 26.0 Å². The molecule has 3 rings (SSSR count). The molecule has 34 heavy (non-hydrogen) atoms. The predicted molar refractivity (Wildman–Crippen MR) is 132 cm³/mol. The van der Waals surface area contributed by atoms with E-state index in [1.54, 1.807) is 41.6 Å². The van der Waals surface area contributed by atoms with E-state index in [1.165, 1.54) is 24.3 Å². The maximum Gasteiger partial charge on any atom is 0.261 e. The number of anilines is 1. The summed E-state index contributed by atoms with van der Waals surface area (Å²) < 4.78 is 28.0. The lowest BCUT2D eigenvalue weighted by molar-refractivity contribution is -0.118. The molecule has 1 aromatic heterocycles. The molecule has 0 unspecified atom stereocenters. The van der Waals surface area contributed by atoms with Gasteiger partial charge in [-0.1, -0.05) is 18.2 Å². The van der Waals surface area contributed by atoms with Crippen LogP contribution in [0.5, 0.6) is 0 Å². The highest BCUT2D eigenvalue weighted by Gasteiger charge is 2.17. The number of hydrogen-bond acceptors (Lipinski definition) is 5. The van der Waals surface area contributed by atoms with E-state index in [2.05, 4.69) is 9.71 Å². The zero-order chi connectivity index (χ0) is 24.6. The first kappa shape index (κ1) is 25.1. The fraction of sp³-hybridized carbons (Fsp3) is 0.269. The van der Waals surface area contributed by atoms with Crippen LogP contribution in [0.1, 0.15) is 41.8 Å². The molecule has 1 amide bonds. The highest BCUT2D eigenvalue weighted by molar-refractivity contribution is 7.92. The largest absolute Gasteiger partial charge is 0.339 e. The fourth-order valence-corrected chi connectivity index (χ4v) is 4.58. The van der Waals surface area contributed by atoms with E-state index in [0.717, 1.165) is 11.1 Å². The molecule has 0 spiro atoms. The van der Waals surface area contributed by atoms with Crippen LogP contribution in [-0.2, 0) is 27.7 Å². The molecule has 0 aliphatic heterocycles. The molecule has 0 saturated heterocycles. The van der Waals surface area contributed by atoms with Crippen molar-refractivity contribution < 1.29 is 18.0 Å². The van der Waals surface area contributed by atoms with E-state index >= 15 is 0 Å². The third kappa shape index (κ3) is 6.74. The van der Waals surface area contributed by atoms with Gasteiger partial charge in [0.1, 0.15) is 5.78 Å². The van der Waals surface area contributed by atoms with Crippen molar-refractivity contribution in [3.8, 4) is 0 Å². The zero-order valence-corrected chi connectivity index (χ0v) is 20.2. The van der Waals surface area contributed by atoms with Crippen LogP contribution >= 0.6 is 0 Å². The average Bonchev–Trinajstić information content (AvgIpc) is 2.85. The Morgan fingerprint density at radius 2 is 1.59 bits per heavy atom. The van der Waals surface area contributed by atoms with Crippen molar-refractivity contribution in [3.63, 3.8) is 0 Å². The fourth-order valence-electron chi connectivity index (χ4n) is 3.52. The number of carbonyl (C=O) groups excluding carboxylic acids is 2. The van der Waals surface area contributed by atoms with Crippen LogP contribution < -0.4 is 4.72 Å².